The summed E-state index contributed by atoms with van der Waals surface area (Å²) in [5, 5.41) is 3.40. The monoisotopic (exact) mass is 431 g/mol. The third kappa shape index (κ3) is 5.08. The van der Waals surface area contributed by atoms with E-state index in [-0.39, 0.29) is 19.1 Å². The maximum absolute atomic E-state index is 12.7. The van der Waals surface area contributed by atoms with Crippen molar-refractivity contribution < 1.29 is 22.7 Å². The fraction of sp³-hybridized carbons (Fsp3) is 0.222. The lowest BCUT2D eigenvalue weighted by Crippen LogP contribution is -2.30. The molecule has 0 atom stereocenters. The molecule has 1 amide bonds. The molecule has 0 aliphatic rings. The number of imidazole rings is 1. The quantitative estimate of drug-likeness (QED) is 0.629. The molecule has 1 aromatic carbocycles. The summed E-state index contributed by atoms with van der Waals surface area (Å²) in [6.07, 6.45) is -1.58. The molecule has 0 spiro atoms. The number of hydrogen-bond donors (Lipinski definition) is 1. The van der Waals surface area contributed by atoms with Gasteiger partial charge < -0.3 is 14.5 Å². The van der Waals surface area contributed by atoms with Crippen LogP contribution in [0, 0.1) is 0 Å². The van der Waals surface area contributed by atoms with Gasteiger partial charge in [0.25, 0.3) is 5.91 Å². The molecule has 5 nitrogen and oxygen atoms in total. The Morgan fingerprint density at radius 3 is 2.68 bits per heavy atom. The number of halogens is 5. The Bertz CT molecular complexity index is 1010. The fourth-order valence-electron chi connectivity index (χ4n) is 2.45. The zero-order valence-electron chi connectivity index (χ0n) is 14.3. The van der Waals surface area contributed by atoms with Crippen LogP contribution in [0.15, 0.2) is 42.7 Å². The van der Waals surface area contributed by atoms with E-state index in [1.807, 2.05) is 0 Å². The molecule has 148 valence electrons. The number of fused-ring (bicyclic) bond motifs is 1. The van der Waals surface area contributed by atoms with E-state index in [9.17, 15) is 18.0 Å². The van der Waals surface area contributed by atoms with Crippen molar-refractivity contribution in [3.8, 4) is 5.75 Å². The third-order valence-electron chi connectivity index (χ3n) is 3.78. The largest absolute Gasteiger partial charge is 0.482 e. The van der Waals surface area contributed by atoms with Crippen LogP contribution >= 0.6 is 23.2 Å². The number of alkyl halides is 3. The van der Waals surface area contributed by atoms with Gasteiger partial charge in [-0.05, 0) is 30.3 Å². The first-order chi connectivity index (χ1) is 13.2. The van der Waals surface area contributed by atoms with E-state index in [0.717, 1.165) is 12.3 Å². The second-order valence-corrected chi connectivity index (χ2v) is 6.72. The van der Waals surface area contributed by atoms with Crippen molar-refractivity contribution in [1.29, 1.82) is 0 Å². The molecule has 0 bridgehead atoms. The second kappa shape index (κ2) is 8.28. The molecule has 10 heteroatoms. The maximum Gasteiger partial charge on any atom is 0.417 e. The standard InChI is InChI=1S/C18H14Cl2F3N3O2/c19-12-2-3-15(14(20)7-12)28-10-17(27)24-6-5-13-9-26-8-11(18(21,22)23)1-4-16(26)25-13/h1-4,7-9H,5-6,10H2,(H,24,27). The van der Waals surface area contributed by atoms with Crippen molar-refractivity contribution in [2.75, 3.05) is 13.2 Å². The topological polar surface area (TPSA) is 55.6 Å². The van der Waals surface area contributed by atoms with E-state index in [1.165, 1.54) is 22.7 Å². The van der Waals surface area contributed by atoms with Crippen LogP contribution in [-0.2, 0) is 17.4 Å². The van der Waals surface area contributed by atoms with Crippen LogP contribution < -0.4 is 10.1 Å². The summed E-state index contributed by atoms with van der Waals surface area (Å²) in [6, 6.07) is 6.93. The molecule has 2 aromatic heterocycles. The number of hydrogen-bond acceptors (Lipinski definition) is 3. The van der Waals surface area contributed by atoms with Gasteiger partial charge in [-0.2, -0.15) is 13.2 Å². The second-order valence-electron chi connectivity index (χ2n) is 5.88. The number of pyridine rings is 1. The van der Waals surface area contributed by atoms with Gasteiger partial charge in [0, 0.05) is 30.4 Å². The number of ether oxygens (including phenoxy) is 1. The highest BCUT2D eigenvalue weighted by atomic mass is 35.5. The maximum atomic E-state index is 12.7. The minimum atomic E-state index is -4.42. The molecule has 1 N–H and O–H groups in total. The summed E-state index contributed by atoms with van der Waals surface area (Å²) in [5.74, 6) is -0.0313. The van der Waals surface area contributed by atoms with Crippen LogP contribution in [0.1, 0.15) is 11.3 Å². The Hall–Kier alpha value is -2.45. The summed E-state index contributed by atoms with van der Waals surface area (Å²) in [4.78, 5) is 16.1. The Morgan fingerprint density at radius 2 is 1.96 bits per heavy atom. The molecule has 28 heavy (non-hydrogen) atoms. The SMILES string of the molecule is O=C(COc1ccc(Cl)cc1Cl)NCCc1cn2cc(C(F)(F)F)ccc2n1. The summed E-state index contributed by atoms with van der Waals surface area (Å²) >= 11 is 11.7. The summed E-state index contributed by atoms with van der Waals surface area (Å²) in [6.45, 7) is 0.0218. The zero-order chi connectivity index (χ0) is 20.3. The molecule has 0 saturated carbocycles. The van der Waals surface area contributed by atoms with Crippen LogP contribution in [-0.4, -0.2) is 28.4 Å². The van der Waals surface area contributed by atoms with Crippen molar-refractivity contribution in [1.82, 2.24) is 14.7 Å². The van der Waals surface area contributed by atoms with E-state index < -0.39 is 11.7 Å². The zero-order valence-corrected chi connectivity index (χ0v) is 15.8. The van der Waals surface area contributed by atoms with Crippen LogP contribution in [0.3, 0.4) is 0 Å². The first-order valence-electron chi connectivity index (χ1n) is 8.12. The van der Waals surface area contributed by atoms with Crippen molar-refractivity contribution in [2.24, 2.45) is 0 Å². The normalized spacial score (nSPS) is 11.6. The van der Waals surface area contributed by atoms with Crippen molar-refractivity contribution in [3.05, 3.63) is 64.0 Å². The molecule has 3 aromatic rings. The van der Waals surface area contributed by atoms with Crippen LogP contribution in [0.25, 0.3) is 5.65 Å². The number of benzene rings is 1. The minimum Gasteiger partial charge on any atom is -0.482 e. The van der Waals surface area contributed by atoms with Gasteiger partial charge in [0.05, 0.1) is 16.3 Å². The Morgan fingerprint density at radius 1 is 1.18 bits per heavy atom. The van der Waals surface area contributed by atoms with Crippen LogP contribution in [0.5, 0.6) is 5.75 Å². The Labute approximate surface area is 168 Å². The lowest BCUT2D eigenvalue weighted by Gasteiger charge is -2.08. The van der Waals surface area contributed by atoms with E-state index in [4.69, 9.17) is 27.9 Å². The van der Waals surface area contributed by atoms with Crippen molar-refractivity contribution in [2.45, 2.75) is 12.6 Å². The molecule has 0 radical (unpaired) electrons. The predicted octanol–water partition coefficient (Wildman–Crippen LogP) is 4.40. The van der Waals surface area contributed by atoms with Gasteiger partial charge >= 0.3 is 6.18 Å². The number of nitrogens with one attached hydrogen (secondary N) is 1. The fourth-order valence-corrected chi connectivity index (χ4v) is 2.91. The van der Waals surface area contributed by atoms with E-state index >= 15 is 0 Å². The molecular formula is C18H14Cl2F3N3O2. The summed E-state index contributed by atoms with van der Waals surface area (Å²) in [5.41, 5.74) is 0.201. The molecule has 3 rings (SSSR count). The van der Waals surface area contributed by atoms with Gasteiger partial charge in [0.15, 0.2) is 6.61 Å². The van der Waals surface area contributed by atoms with Gasteiger partial charge in [-0.25, -0.2) is 4.98 Å². The molecule has 0 aliphatic carbocycles. The highest BCUT2D eigenvalue weighted by molar-refractivity contribution is 6.35. The van der Waals surface area contributed by atoms with Crippen molar-refractivity contribution >= 4 is 34.8 Å². The first kappa shape index (κ1) is 20.3. The highest BCUT2D eigenvalue weighted by Crippen LogP contribution is 2.29. The Kier molecular flexibility index (Phi) is 6.00. The molecular weight excluding hydrogens is 418 g/mol. The number of carbonyl (C=O) groups is 1. The third-order valence-corrected chi connectivity index (χ3v) is 4.31. The molecule has 0 fully saturated rings. The molecule has 0 unspecified atom stereocenters. The van der Waals surface area contributed by atoms with E-state index in [0.29, 0.717) is 33.6 Å². The van der Waals surface area contributed by atoms with Gasteiger partial charge in [0.2, 0.25) is 0 Å². The molecule has 2 heterocycles. The number of carbonyl (C=O) groups excluding carboxylic acids is 1. The lowest BCUT2D eigenvalue weighted by molar-refractivity contribution is -0.137. The molecule has 0 aliphatic heterocycles. The first-order valence-corrected chi connectivity index (χ1v) is 8.87. The van der Waals surface area contributed by atoms with Crippen LogP contribution in [0.4, 0.5) is 13.2 Å². The molecule has 0 saturated heterocycles. The minimum absolute atomic E-state index is 0.235. The van der Waals surface area contributed by atoms with E-state index in [1.54, 1.807) is 12.1 Å². The average Bonchev–Trinajstić information content (AvgIpc) is 3.02. The van der Waals surface area contributed by atoms with Crippen molar-refractivity contribution in [3.63, 3.8) is 0 Å². The average molecular weight is 432 g/mol. The van der Waals surface area contributed by atoms with Gasteiger partial charge in [-0.3, -0.25) is 4.79 Å². The highest BCUT2D eigenvalue weighted by Gasteiger charge is 2.30. The Balaban J connectivity index is 1.51. The van der Waals surface area contributed by atoms with Gasteiger partial charge in [0.1, 0.15) is 11.4 Å². The smallest absolute Gasteiger partial charge is 0.417 e. The van der Waals surface area contributed by atoms with Crippen LogP contribution in [0.2, 0.25) is 10.0 Å². The number of rotatable bonds is 6. The summed E-state index contributed by atoms with van der Waals surface area (Å²) < 4.78 is 44.9. The van der Waals surface area contributed by atoms with Gasteiger partial charge in [-0.15, -0.1) is 0 Å². The van der Waals surface area contributed by atoms with E-state index in [2.05, 4.69) is 10.3 Å². The van der Waals surface area contributed by atoms with Gasteiger partial charge in [-0.1, -0.05) is 23.2 Å². The number of aromatic nitrogens is 2. The predicted molar refractivity (Wildman–Crippen MR) is 98.9 cm³/mol. The summed E-state index contributed by atoms with van der Waals surface area (Å²) in [7, 11) is 0. The number of amides is 1. The number of nitrogens with zero attached hydrogens (tertiary/aromatic N) is 2. The lowest BCUT2D eigenvalue weighted by atomic mass is 10.3.